The highest BCUT2D eigenvalue weighted by Crippen LogP contribution is 2.31. The molecule has 2 N–H and O–H groups in total. The Bertz CT molecular complexity index is 1110. The number of nitrogen functional groups attached to an aromatic ring is 1. The van der Waals surface area contributed by atoms with E-state index in [9.17, 15) is 9.59 Å². The summed E-state index contributed by atoms with van der Waals surface area (Å²) >= 11 is 0. The lowest BCUT2D eigenvalue weighted by molar-refractivity contribution is -0.134. The van der Waals surface area contributed by atoms with Gasteiger partial charge in [-0.05, 0) is 42.2 Å². The van der Waals surface area contributed by atoms with Crippen LogP contribution in [-0.2, 0) is 4.79 Å². The van der Waals surface area contributed by atoms with Crippen LogP contribution >= 0.6 is 0 Å². The zero-order valence-corrected chi connectivity index (χ0v) is 17.2. The highest BCUT2D eigenvalue weighted by Gasteiger charge is 2.35. The molecule has 1 aliphatic heterocycles. The predicted octanol–water partition coefficient (Wildman–Crippen LogP) is 3.29. The molecule has 0 atom stereocenters. The van der Waals surface area contributed by atoms with Gasteiger partial charge in [0.2, 0.25) is 11.8 Å². The van der Waals surface area contributed by atoms with E-state index >= 15 is 0 Å². The molecule has 31 heavy (non-hydrogen) atoms. The topological polar surface area (TPSA) is 92.7 Å². The van der Waals surface area contributed by atoms with Crippen LogP contribution in [0, 0.1) is 5.92 Å². The van der Waals surface area contributed by atoms with E-state index in [0.717, 1.165) is 29.5 Å². The van der Waals surface area contributed by atoms with E-state index in [-0.39, 0.29) is 23.6 Å². The third kappa shape index (κ3) is 4.03. The fourth-order valence-electron chi connectivity index (χ4n) is 3.99. The third-order valence-electron chi connectivity index (χ3n) is 5.96. The van der Waals surface area contributed by atoms with Crippen LogP contribution in [0.15, 0.2) is 59.1 Å². The maximum absolute atomic E-state index is 12.9. The van der Waals surface area contributed by atoms with Crippen molar-refractivity contribution in [2.24, 2.45) is 5.92 Å². The van der Waals surface area contributed by atoms with Gasteiger partial charge in [0.1, 0.15) is 5.69 Å². The number of aromatic nitrogens is 1. The van der Waals surface area contributed by atoms with Crippen molar-refractivity contribution in [3.8, 4) is 22.4 Å². The molecule has 3 aromatic rings. The summed E-state index contributed by atoms with van der Waals surface area (Å²) in [7, 11) is 0. The van der Waals surface area contributed by atoms with E-state index in [1.54, 1.807) is 6.07 Å². The van der Waals surface area contributed by atoms with Crippen LogP contribution in [0.4, 0.5) is 5.88 Å². The first-order valence-corrected chi connectivity index (χ1v) is 10.6. The summed E-state index contributed by atoms with van der Waals surface area (Å²) in [6.45, 7) is 2.42. The van der Waals surface area contributed by atoms with Gasteiger partial charge in [0, 0.05) is 49.3 Å². The Labute approximate surface area is 180 Å². The second-order valence-corrected chi connectivity index (χ2v) is 8.16. The van der Waals surface area contributed by atoms with Gasteiger partial charge < -0.3 is 20.1 Å². The van der Waals surface area contributed by atoms with Gasteiger partial charge in [-0.3, -0.25) is 9.59 Å². The lowest BCUT2D eigenvalue weighted by Crippen LogP contribution is -2.51. The molecule has 7 heteroatoms. The van der Waals surface area contributed by atoms with Gasteiger partial charge in [0.05, 0.1) is 0 Å². The molecule has 1 aromatic heterocycles. The quantitative estimate of drug-likeness (QED) is 0.705. The zero-order valence-electron chi connectivity index (χ0n) is 17.2. The normalized spacial score (nSPS) is 16.4. The van der Waals surface area contributed by atoms with E-state index in [4.69, 9.17) is 10.3 Å². The van der Waals surface area contributed by atoms with Gasteiger partial charge in [-0.25, -0.2) is 0 Å². The van der Waals surface area contributed by atoms with Gasteiger partial charge in [0.15, 0.2) is 0 Å². The summed E-state index contributed by atoms with van der Waals surface area (Å²) in [4.78, 5) is 28.8. The molecule has 0 spiro atoms. The maximum atomic E-state index is 12.9. The fraction of sp³-hybridized carbons (Fsp3) is 0.292. The van der Waals surface area contributed by atoms with Crippen LogP contribution in [0.1, 0.15) is 23.2 Å². The summed E-state index contributed by atoms with van der Waals surface area (Å²) in [5, 5.41) is 3.96. The molecule has 7 nitrogen and oxygen atoms in total. The average molecular weight is 416 g/mol. The molecule has 1 aliphatic carbocycles. The Hall–Kier alpha value is -3.61. The summed E-state index contributed by atoms with van der Waals surface area (Å²) in [5.41, 5.74) is 9.91. The maximum Gasteiger partial charge on any atom is 0.253 e. The van der Waals surface area contributed by atoms with E-state index < -0.39 is 0 Å². The molecular weight excluding hydrogens is 392 g/mol. The number of hydrogen-bond acceptors (Lipinski definition) is 5. The predicted molar refractivity (Wildman–Crippen MR) is 117 cm³/mol. The SMILES string of the molecule is Nc1cc(-c2cccc(-c3ccc(C(=O)N4CCN(C(=O)C5CC5)CC4)cc3)c2)no1. The smallest absolute Gasteiger partial charge is 0.253 e. The van der Waals surface area contributed by atoms with Gasteiger partial charge >= 0.3 is 0 Å². The first kappa shape index (κ1) is 19.4. The number of carbonyl (C=O) groups is 2. The summed E-state index contributed by atoms with van der Waals surface area (Å²) in [5.74, 6) is 0.778. The van der Waals surface area contributed by atoms with Crippen molar-refractivity contribution in [2.75, 3.05) is 31.9 Å². The number of rotatable bonds is 4. The second kappa shape index (κ2) is 7.91. The Morgan fingerprint density at radius 1 is 0.871 bits per heavy atom. The molecule has 0 bridgehead atoms. The van der Waals surface area contributed by atoms with Crippen molar-refractivity contribution in [3.05, 3.63) is 60.2 Å². The van der Waals surface area contributed by atoms with Gasteiger partial charge in [-0.1, -0.05) is 35.5 Å². The third-order valence-corrected chi connectivity index (χ3v) is 5.96. The van der Waals surface area contributed by atoms with Crippen LogP contribution in [0.3, 0.4) is 0 Å². The molecule has 2 heterocycles. The van der Waals surface area contributed by atoms with E-state index in [0.29, 0.717) is 37.4 Å². The van der Waals surface area contributed by atoms with Crippen molar-refractivity contribution in [1.29, 1.82) is 0 Å². The highest BCUT2D eigenvalue weighted by atomic mass is 16.5. The molecule has 158 valence electrons. The largest absolute Gasteiger partial charge is 0.368 e. The molecule has 0 unspecified atom stereocenters. The molecule has 1 saturated carbocycles. The number of nitrogens with two attached hydrogens (primary N) is 1. The molecule has 5 rings (SSSR count). The first-order chi connectivity index (χ1) is 15.1. The Morgan fingerprint density at radius 3 is 2.19 bits per heavy atom. The standard InChI is InChI=1S/C24H24N4O3/c25-22-15-21(26-31-22)20-3-1-2-19(14-20)16-4-6-17(7-5-16)23(29)27-10-12-28(13-11-27)24(30)18-8-9-18/h1-7,14-15,18H,8-13,25H2. The first-order valence-electron chi connectivity index (χ1n) is 10.6. The van der Waals surface area contributed by atoms with Crippen molar-refractivity contribution < 1.29 is 14.1 Å². The van der Waals surface area contributed by atoms with Crippen molar-refractivity contribution in [1.82, 2.24) is 15.0 Å². The summed E-state index contributed by atoms with van der Waals surface area (Å²) < 4.78 is 4.96. The molecule has 2 aromatic carbocycles. The van der Waals surface area contributed by atoms with Gasteiger partial charge in [-0.2, -0.15) is 0 Å². The van der Waals surface area contributed by atoms with E-state index in [2.05, 4.69) is 5.16 Å². The van der Waals surface area contributed by atoms with Crippen molar-refractivity contribution >= 4 is 17.7 Å². The summed E-state index contributed by atoms with van der Waals surface area (Å²) in [6, 6.07) is 17.3. The summed E-state index contributed by atoms with van der Waals surface area (Å²) in [6.07, 6.45) is 2.03. The average Bonchev–Trinajstić information content (AvgIpc) is 3.58. The minimum absolute atomic E-state index is 0.0110. The molecule has 2 aliphatic rings. The molecular formula is C24H24N4O3. The van der Waals surface area contributed by atoms with Crippen molar-refractivity contribution in [2.45, 2.75) is 12.8 Å². The van der Waals surface area contributed by atoms with Crippen LogP contribution in [-0.4, -0.2) is 52.9 Å². The molecule has 2 fully saturated rings. The molecule has 2 amide bonds. The van der Waals surface area contributed by atoms with E-state index in [1.807, 2.05) is 58.3 Å². The monoisotopic (exact) mass is 416 g/mol. The van der Waals surface area contributed by atoms with Gasteiger partial charge in [-0.15, -0.1) is 0 Å². The number of benzene rings is 2. The Morgan fingerprint density at radius 2 is 1.55 bits per heavy atom. The molecule has 0 radical (unpaired) electrons. The zero-order chi connectivity index (χ0) is 21.4. The number of amides is 2. The lowest BCUT2D eigenvalue weighted by atomic mass is 10.0. The van der Waals surface area contributed by atoms with Crippen LogP contribution in [0.25, 0.3) is 22.4 Å². The van der Waals surface area contributed by atoms with Crippen LogP contribution in [0.5, 0.6) is 0 Å². The lowest BCUT2D eigenvalue weighted by Gasteiger charge is -2.35. The number of anilines is 1. The minimum atomic E-state index is 0.0110. The van der Waals surface area contributed by atoms with Crippen LogP contribution in [0.2, 0.25) is 0 Å². The number of piperazine rings is 1. The number of nitrogens with zero attached hydrogens (tertiary/aromatic N) is 3. The fourth-order valence-corrected chi connectivity index (χ4v) is 3.99. The minimum Gasteiger partial charge on any atom is -0.368 e. The number of carbonyl (C=O) groups excluding carboxylic acids is 2. The van der Waals surface area contributed by atoms with Crippen molar-refractivity contribution in [3.63, 3.8) is 0 Å². The van der Waals surface area contributed by atoms with Crippen LogP contribution < -0.4 is 5.73 Å². The Kier molecular flexibility index (Phi) is 4.94. The Balaban J connectivity index is 1.26. The molecule has 1 saturated heterocycles. The van der Waals surface area contributed by atoms with E-state index in [1.165, 1.54) is 0 Å². The number of hydrogen-bond donors (Lipinski definition) is 1. The second-order valence-electron chi connectivity index (χ2n) is 8.16. The highest BCUT2D eigenvalue weighted by molar-refractivity contribution is 5.95. The van der Waals surface area contributed by atoms with Gasteiger partial charge in [0.25, 0.3) is 5.91 Å².